The van der Waals surface area contributed by atoms with Gasteiger partial charge in [-0.1, -0.05) is 17.7 Å². The van der Waals surface area contributed by atoms with Crippen molar-refractivity contribution < 1.29 is 4.79 Å². The zero-order valence-corrected chi connectivity index (χ0v) is 13.0. The summed E-state index contributed by atoms with van der Waals surface area (Å²) in [5.41, 5.74) is 2.73. The summed E-state index contributed by atoms with van der Waals surface area (Å²) in [6.45, 7) is 5.20. The van der Waals surface area contributed by atoms with Gasteiger partial charge in [0, 0.05) is 25.5 Å². The molecule has 2 aromatic rings. The molecule has 0 bridgehead atoms. The summed E-state index contributed by atoms with van der Waals surface area (Å²) in [5.74, 6) is 0.00870. The number of rotatable bonds is 6. The molecule has 1 amide bonds. The molecule has 0 aliphatic carbocycles. The summed E-state index contributed by atoms with van der Waals surface area (Å²) in [4.78, 5) is 15.8. The van der Waals surface area contributed by atoms with Gasteiger partial charge in [-0.15, -0.1) is 0 Å². The minimum Gasteiger partial charge on any atom is -0.356 e. The summed E-state index contributed by atoms with van der Waals surface area (Å²) in [6, 6.07) is 3.72. The number of nitrogens with zero attached hydrogens (tertiary/aromatic N) is 3. The number of nitrogens with one attached hydrogen (secondary N) is 1. The summed E-state index contributed by atoms with van der Waals surface area (Å²) in [5, 5.41) is 7.98. The second kappa shape index (κ2) is 7.22. The summed E-state index contributed by atoms with van der Waals surface area (Å²) < 4.78 is 1.88. The number of hydrogen-bond donors (Lipinski definition) is 1. The van der Waals surface area contributed by atoms with E-state index in [4.69, 9.17) is 11.6 Å². The number of amides is 1. The Hall–Kier alpha value is -1.88. The maximum Gasteiger partial charge on any atom is 0.224 e. The van der Waals surface area contributed by atoms with Crippen LogP contribution in [0.3, 0.4) is 0 Å². The number of aromatic nitrogens is 3. The van der Waals surface area contributed by atoms with Crippen molar-refractivity contribution in [3.8, 4) is 0 Å². The molecule has 0 spiro atoms. The van der Waals surface area contributed by atoms with Gasteiger partial charge in [0.25, 0.3) is 0 Å². The van der Waals surface area contributed by atoms with Crippen molar-refractivity contribution in [3.63, 3.8) is 0 Å². The first-order chi connectivity index (χ1) is 10.1. The van der Waals surface area contributed by atoms with Gasteiger partial charge in [-0.3, -0.25) is 14.5 Å². The first kappa shape index (κ1) is 15.5. The molecule has 0 atom stereocenters. The molecule has 2 aromatic heterocycles. The van der Waals surface area contributed by atoms with E-state index in [2.05, 4.69) is 15.4 Å². The molecule has 5 nitrogen and oxygen atoms in total. The molecule has 0 saturated heterocycles. The standard InChI is InChI=1S/C15H19ClN4O/c1-11-15(16)12(2)20(19-11)8-4-7-18-14(21)9-13-5-3-6-17-10-13/h3,5-6,10H,4,7-9H2,1-2H3,(H,18,21). The number of halogens is 1. The molecular formula is C15H19ClN4O. The molecule has 1 N–H and O–H groups in total. The highest BCUT2D eigenvalue weighted by Gasteiger charge is 2.08. The molecule has 2 rings (SSSR count). The van der Waals surface area contributed by atoms with E-state index in [1.54, 1.807) is 12.4 Å². The van der Waals surface area contributed by atoms with Gasteiger partial charge in [-0.25, -0.2) is 0 Å². The van der Waals surface area contributed by atoms with Crippen LogP contribution in [0.2, 0.25) is 5.02 Å². The van der Waals surface area contributed by atoms with E-state index in [0.717, 1.165) is 34.9 Å². The topological polar surface area (TPSA) is 59.8 Å². The Bertz CT molecular complexity index is 610. The van der Waals surface area contributed by atoms with E-state index in [1.165, 1.54) is 0 Å². The van der Waals surface area contributed by atoms with Crippen molar-refractivity contribution in [2.45, 2.75) is 33.2 Å². The molecule has 112 valence electrons. The first-order valence-corrected chi connectivity index (χ1v) is 7.31. The number of carbonyl (C=O) groups is 1. The third-order valence-corrected chi connectivity index (χ3v) is 3.80. The molecule has 0 aromatic carbocycles. The lowest BCUT2D eigenvalue weighted by Gasteiger charge is -2.06. The summed E-state index contributed by atoms with van der Waals surface area (Å²) >= 11 is 6.09. The van der Waals surface area contributed by atoms with Crippen LogP contribution in [0.1, 0.15) is 23.4 Å². The van der Waals surface area contributed by atoms with Crippen LogP contribution in [-0.2, 0) is 17.8 Å². The average molecular weight is 307 g/mol. The highest BCUT2D eigenvalue weighted by Crippen LogP contribution is 2.18. The second-order valence-corrected chi connectivity index (χ2v) is 5.33. The Morgan fingerprint density at radius 3 is 2.86 bits per heavy atom. The fraction of sp³-hybridized carbons (Fsp3) is 0.400. The van der Waals surface area contributed by atoms with E-state index < -0.39 is 0 Å². The van der Waals surface area contributed by atoms with E-state index >= 15 is 0 Å². The Labute approximate surface area is 129 Å². The third kappa shape index (κ3) is 4.29. The smallest absolute Gasteiger partial charge is 0.224 e. The predicted molar refractivity (Wildman–Crippen MR) is 82.3 cm³/mol. The van der Waals surface area contributed by atoms with Crippen molar-refractivity contribution in [2.75, 3.05) is 6.54 Å². The molecule has 0 radical (unpaired) electrons. The Morgan fingerprint density at radius 2 is 2.24 bits per heavy atom. The second-order valence-electron chi connectivity index (χ2n) is 4.95. The van der Waals surface area contributed by atoms with Crippen molar-refractivity contribution in [1.29, 1.82) is 0 Å². The molecule has 2 heterocycles. The molecule has 0 fully saturated rings. The average Bonchev–Trinajstić information content (AvgIpc) is 2.72. The molecule has 6 heteroatoms. The van der Waals surface area contributed by atoms with E-state index in [0.29, 0.717) is 13.0 Å². The van der Waals surface area contributed by atoms with Gasteiger partial charge in [0.2, 0.25) is 5.91 Å². The molecule has 0 aliphatic rings. The molecule has 21 heavy (non-hydrogen) atoms. The summed E-state index contributed by atoms with van der Waals surface area (Å²) in [6.07, 6.45) is 4.58. The first-order valence-electron chi connectivity index (χ1n) is 6.93. The van der Waals surface area contributed by atoms with Gasteiger partial charge in [0.05, 0.1) is 22.8 Å². The van der Waals surface area contributed by atoms with Gasteiger partial charge < -0.3 is 5.32 Å². The Morgan fingerprint density at radius 1 is 1.43 bits per heavy atom. The molecule has 0 aliphatic heterocycles. The fourth-order valence-corrected chi connectivity index (χ4v) is 2.24. The zero-order valence-electron chi connectivity index (χ0n) is 12.3. The zero-order chi connectivity index (χ0) is 15.2. The fourth-order valence-electron chi connectivity index (χ4n) is 2.10. The number of carbonyl (C=O) groups excluding carboxylic acids is 1. The van der Waals surface area contributed by atoms with Crippen molar-refractivity contribution in [2.24, 2.45) is 0 Å². The normalized spacial score (nSPS) is 10.6. The SMILES string of the molecule is Cc1nn(CCCNC(=O)Cc2cccnc2)c(C)c1Cl. The lowest BCUT2D eigenvalue weighted by atomic mass is 10.2. The molecular weight excluding hydrogens is 288 g/mol. The highest BCUT2D eigenvalue weighted by atomic mass is 35.5. The largest absolute Gasteiger partial charge is 0.356 e. The quantitative estimate of drug-likeness (QED) is 0.833. The van der Waals surface area contributed by atoms with Gasteiger partial charge >= 0.3 is 0 Å². The summed E-state index contributed by atoms with van der Waals surface area (Å²) in [7, 11) is 0. The molecule has 0 unspecified atom stereocenters. The van der Waals surface area contributed by atoms with Gasteiger partial charge in [-0.2, -0.15) is 5.10 Å². The van der Waals surface area contributed by atoms with Crippen LogP contribution >= 0.6 is 11.6 Å². The van der Waals surface area contributed by atoms with E-state index in [-0.39, 0.29) is 5.91 Å². The minimum absolute atomic E-state index is 0.00870. The highest BCUT2D eigenvalue weighted by molar-refractivity contribution is 6.31. The van der Waals surface area contributed by atoms with E-state index in [9.17, 15) is 4.79 Å². The van der Waals surface area contributed by atoms with Crippen LogP contribution in [0.5, 0.6) is 0 Å². The van der Waals surface area contributed by atoms with Crippen LogP contribution in [0, 0.1) is 13.8 Å². The Kier molecular flexibility index (Phi) is 5.33. The van der Waals surface area contributed by atoms with Crippen LogP contribution < -0.4 is 5.32 Å². The number of hydrogen-bond acceptors (Lipinski definition) is 3. The maximum absolute atomic E-state index is 11.8. The van der Waals surface area contributed by atoms with E-state index in [1.807, 2.05) is 30.7 Å². The lowest BCUT2D eigenvalue weighted by Crippen LogP contribution is -2.27. The van der Waals surface area contributed by atoms with Crippen LogP contribution in [0.4, 0.5) is 0 Å². The van der Waals surface area contributed by atoms with Gasteiger partial charge in [-0.05, 0) is 31.9 Å². The van der Waals surface area contributed by atoms with Crippen molar-refractivity contribution in [3.05, 3.63) is 46.5 Å². The monoisotopic (exact) mass is 306 g/mol. The lowest BCUT2D eigenvalue weighted by molar-refractivity contribution is -0.120. The van der Waals surface area contributed by atoms with Crippen LogP contribution in [0.25, 0.3) is 0 Å². The van der Waals surface area contributed by atoms with Crippen LogP contribution in [0.15, 0.2) is 24.5 Å². The third-order valence-electron chi connectivity index (χ3n) is 3.25. The van der Waals surface area contributed by atoms with Crippen molar-refractivity contribution >= 4 is 17.5 Å². The maximum atomic E-state index is 11.8. The predicted octanol–water partition coefficient (Wildman–Crippen LogP) is 2.30. The number of aryl methyl sites for hydroxylation is 2. The van der Waals surface area contributed by atoms with Crippen molar-refractivity contribution in [1.82, 2.24) is 20.1 Å². The Balaban J connectivity index is 1.72. The van der Waals surface area contributed by atoms with Gasteiger partial charge in [0.15, 0.2) is 0 Å². The minimum atomic E-state index is 0.00870. The van der Waals surface area contributed by atoms with Gasteiger partial charge in [0.1, 0.15) is 0 Å². The molecule has 0 saturated carbocycles. The van der Waals surface area contributed by atoms with Crippen LogP contribution in [-0.4, -0.2) is 27.2 Å². The number of pyridine rings is 1.